The van der Waals surface area contributed by atoms with Crippen molar-refractivity contribution in [2.45, 2.75) is 58.8 Å². The highest BCUT2D eigenvalue weighted by molar-refractivity contribution is 5.96. The van der Waals surface area contributed by atoms with Crippen molar-refractivity contribution < 1.29 is 9.59 Å². The Morgan fingerprint density at radius 3 is 2.79 bits per heavy atom. The number of imide groups is 1. The van der Waals surface area contributed by atoms with Crippen molar-refractivity contribution in [1.82, 2.24) is 4.90 Å². The van der Waals surface area contributed by atoms with Crippen LogP contribution in [0.25, 0.3) is 0 Å². The zero-order chi connectivity index (χ0) is 14.3. The van der Waals surface area contributed by atoms with E-state index in [9.17, 15) is 9.59 Å². The first-order valence-electron chi connectivity index (χ1n) is 7.58. The lowest BCUT2D eigenvalue weighted by molar-refractivity contribution is -0.141. The van der Waals surface area contributed by atoms with Crippen molar-refractivity contribution in [2.24, 2.45) is 11.8 Å². The molecule has 0 bridgehead atoms. The Balaban J connectivity index is 2.58. The van der Waals surface area contributed by atoms with Gasteiger partial charge in [-0.3, -0.25) is 14.5 Å². The van der Waals surface area contributed by atoms with Crippen molar-refractivity contribution in [2.75, 3.05) is 6.54 Å². The highest BCUT2D eigenvalue weighted by Crippen LogP contribution is 2.32. The summed E-state index contributed by atoms with van der Waals surface area (Å²) in [6.45, 7) is 8.40. The largest absolute Gasteiger partial charge is 0.282 e. The van der Waals surface area contributed by atoms with Crippen LogP contribution < -0.4 is 0 Å². The second-order valence-corrected chi connectivity index (χ2v) is 5.48. The van der Waals surface area contributed by atoms with Gasteiger partial charge in [-0.15, -0.1) is 6.58 Å². The van der Waals surface area contributed by atoms with Gasteiger partial charge in [0, 0.05) is 19.4 Å². The van der Waals surface area contributed by atoms with Crippen molar-refractivity contribution in [1.29, 1.82) is 0 Å². The Hall–Kier alpha value is -1.12. The average Bonchev–Trinajstić information content (AvgIpc) is 2.79. The Bertz CT molecular complexity index is 325. The van der Waals surface area contributed by atoms with Gasteiger partial charge in [-0.2, -0.15) is 0 Å². The predicted octanol–water partition coefficient (Wildman–Crippen LogP) is 3.54. The molecule has 3 heteroatoms. The van der Waals surface area contributed by atoms with Gasteiger partial charge in [0.05, 0.1) is 0 Å². The highest BCUT2D eigenvalue weighted by Gasteiger charge is 2.36. The van der Waals surface area contributed by atoms with Gasteiger partial charge in [-0.1, -0.05) is 32.8 Å². The quantitative estimate of drug-likeness (QED) is 0.497. The summed E-state index contributed by atoms with van der Waals surface area (Å²) in [4.78, 5) is 25.1. The van der Waals surface area contributed by atoms with Gasteiger partial charge in [0.1, 0.15) is 0 Å². The van der Waals surface area contributed by atoms with Gasteiger partial charge < -0.3 is 0 Å². The molecule has 3 nitrogen and oxygen atoms in total. The maximum Gasteiger partial charge on any atom is 0.229 e. The van der Waals surface area contributed by atoms with E-state index in [1.165, 1.54) is 4.90 Å². The van der Waals surface area contributed by atoms with E-state index in [1.807, 2.05) is 13.0 Å². The Morgan fingerprint density at radius 1 is 1.47 bits per heavy atom. The first-order valence-corrected chi connectivity index (χ1v) is 7.58. The summed E-state index contributed by atoms with van der Waals surface area (Å²) in [7, 11) is 0. The van der Waals surface area contributed by atoms with Crippen LogP contribution in [0, 0.1) is 11.8 Å². The number of hydrogen-bond donors (Lipinski definition) is 0. The van der Waals surface area contributed by atoms with Gasteiger partial charge in [-0.25, -0.2) is 0 Å². The zero-order valence-corrected chi connectivity index (χ0v) is 12.4. The first-order chi connectivity index (χ1) is 9.13. The third kappa shape index (κ3) is 4.48. The van der Waals surface area contributed by atoms with E-state index >= 15 is 0 Å². The van der Waals surface area contributed by atoms with E-state index in [1.54, 1.807) is 0 Å². The number of amides is 2. The van der Waals surface area contributed by atoms with E-state index in [-0.39, 0.29) is 11.8 Å². The monoisotopic (exact) mass is 265 g/mol. The number of hydrogen-bond acceptors (Lipinski definition) is 2. The molecule has 1 aliphatic rings. The molecule has 0 spiro atoms. The third-order valence-corrected chi connectivity index (χ3v) is 4.07. The normalized spacial score (nSPS) is 20.6. The summed E-state index contributed by atoms with van der Waals surface area (Å²) in [5, 5.41) is 0. The molecule has 1 aliphatic heterocycles. The van der Waals surface area contributed by atoms with Gasteiger partial charge in [0.2, 0.25) is 11.8 Å². The fourth-order valence-corrected chi connectivity index (χ4v) is 2.99. The molecule has 0 N–H and O–H groups in total. The zero-order valence-electron chi connectivity index (χ0n) is 12.4. The van der Waals surface area contributed by atoms with Crippen LogP contribution in [0.1, 0.15) is 58.8 Å². The molecule has 2 amide bonds. The van der Waals surface area contributed by atoms with Gasteiger partial charge in [0.15, 0.2) is 0 Å². The lowest BCUT2D eigenvalue weighted by atomic mass is 9.84. The van der Waals surface area contributed by atoms with E-state index < -0.39 is 0 Å². The summed E-state index contributed by atoms with van der Waals surface area (Å²) in [6.07, 6.45) is 8.56. The van der Waals surface area contributed by atoms with E-state index in [4.69, 9.17) is 0 Å². The van der Waals surface area contributed by atoms with Crippen LogP contribution in [-0.2, 0) is 9.59 Å². The van der Waals surface area contributed by atoms with Gasteiger partial charge in [0.25, 0.3) is 0 Å². The molecule has 1 fully saturated rings. The Kier molecular flexibility index (Phi) is 6.82. The maximum absolute atomic E-state index is 11.9. The number of carbonyl (C=O) groups is 2. The number of unbranched alkanes of at least 4 members (excludes halogenated alkanes) is 1. The van der Waals surface area contributed by atoms with Crippen molar-refractivity contribution >= 4 is 11.8 Å². The minimum atomic E-state index is -0.0196. The maximum atomic E-state index is 11.9. The minimum Gasteiger partial charge on any atom is -0.282 e. The molecule has 1 unspecified atom stereocenters. The van der Waals surface area contributed by atoms with Crippen molar-refractivity contribution in [3.8, 4) is 0 Å². The third-order valence-electron chi connectivity index (χ3n) is 4.07. The second kappa shape index (κ2) is 8.13. The number of likely N-dealkylation sites (tertiary alicyclic amines) is 1. The van der Waals surface area contributed by atoms with E-state index in [0.717, 1.165) is 32.1 Å². The predicted molar refractivity (Wildman–Crippen MR) is 77.6 cm³/mol. The topological polar surface area (TPSA) is 37.4 Å². The van der Waals surface area contributed by atoms with Crippen molar-refractivity contribution in [3.63, 3.8) is 0 Å². The Labute approximate surface area is 117 Å². The molecule has 1 heterocycles. The Morgan fingerprint density at radius 2 is 2.21 bits per heavy atom. The fraction of sp³-hybridized carbons (Fsp3) is 0.750. The lowest BCUT2D eigenvalue weighted by Crippen LogP contribution is -2.32. The highest BCUT2D eigenvalue weighted by atomic mass is 16.2. The molecule has 108 valence electrons. The summed E-state index contributed by atoms with van der Waals surface area (Å²) in [6, 6.07) is 0. The van der Waals surface area contributed by atoms with Crippen LogP contribution in [0.15, 0.2) is 12.7 Å². The molecule has 0 radical (unpaired) electrons. The molecule has 0 aromatic heterocycles. The van der Waals surface area contributed by atoms with Gasteiger partial charge in [-0.05, 0) is 31.1 Å². The second-order valence-electron chi connectivity index (χ2n) is 5.48. The van der Waals surface area contributed by atoms with Crippen molar-refractivity contribution in [3.05, 3.63) is 12.7 Å². The lowest BCUT2D eigenvalue weighted by Gasteiger charge is -2.22. The fourth-order valence-electron chi connectivity index (χ4n) is 2.99. The number of carbonyl (C=O) groups excluding carboxylic acids is 2. The molecular formula is C16H27NO2. The molecule has 2 atom stereocenters. The molecule has 0 saturated carbocycles. The molecule has 0 aromatic carbocycles. The summed E-state index contributed by atoms with van der Waals surface area (Å²) >= 11 is 0. The number of allylic oxidation sites excluding steroid dienone is 1. The number of nitrogens with zero attached hydrogens (tertiary/aromatic N) is 1. The molecular weight excluding hydrogens is 238 g/mol. The average molecular weight is 265 g/mol. The van der Waals surface area contributed by atoms with E-state index in [2.05, 4.69) is 13.5 Å². The standard InChI is InChI=1S/C16H27NO2/c1-4-7-8-10-13(9-5-2)14-11-16(19)17(12-14)15(18)6-3/h4,13-14H,1,5-12H2,2-3H3/t13-,14?/m0/s1. The van der Waals surface area contributed by atoms with Crippen LogP contribution in [0.5, 0.6) is 0 Å². The smallest absolute Gasteiger partial charge is 0.229 e. The molecule has 1 saturated heterocycles. The molecule has 0 aliphatic carbocycles. The summed E-state index contributed by atoms with van der Waals surface area (Å²) in [5.41, 5.74) is 0. The summed E-state index contributed by atoms with van der Waals surface area (Å²) in [5.74, 6) is 0.951. The van der Waals surface area contributed by atoms with Crippen LogP contribution in [0.2, 0.25) is 0 Å². The minimum absolute atomic E-state index is 0.0196. The number of rotatable bonds is 8. The molecule has 19 heavy (non-hydrogen) atoms. The SMILES string of the molecule is C=CCCC[C@H](CCC)C1CC(=O)N(C(=O)CC)C1. The summed E-state index contributed by atoms with van der Waals surface area (Å²) < 4.78 is 0. The van der Waals surface area contributed by atoms with Crippen LogP contribution >= 0.6 is 0 Å². The molecule has 0 aromatic rings. The van der Waals surface area contributed by atoms with Crippen LogP contribution in [0.3, 0.4) is 0 Å². The van der Waals surface area contributed by atoms with E-state index in [0.29, 0.717) is 31.2 Å². The first kappa shape index (κ1) is 15.9. The van der Waals surface area contributed by atoms with Crippen LogP contribution in [-0.4, -0.2) is 23.3 Å². The van der Waals surface area contributed by atoms with Gasteiger partial charge >= 0.3 is 0 Å². The molecule has 1 rings (SSSR count). The van der Waals surface area contributed by atoms with Crippen LogP contribution in [0.4, 0.5) is 0 Å².